The molecule has 0 bridgehead atoms. The molecule has 0 saturated carbocycles. The number of rotatable bonds is 5. The molecule has 1 aliphatic heterocycles. The van der Waals surface area contributed by atoms with Gasteiger partial charge in [0, 0.05) is 66.4 Å². The molecular formula is C33H33F3N6OS. The maximum Gasteiger partial charge on any atom is 0.416 e. The summed E-state index contributed by atoms with van der Waals surface area (Å²) < 4.78 is 38.7. The molecule has 0 radical (unpaired) electrons. The molecule has 0 unspecified atom stereocenters. The number of fused-ring (bicyclic) bond motifs is 2. The van der Waals surface area contributed by atoms with Gasteiger partial charge in [0.25, 0.3) is 5.91 Å². The Morgan fingerprint density at radius 3 is 2.39 bits per heavy atom. The van der Waals surface area contributed by atoms with Gasteiger partial charge < -0.3 is 16.0 Å². The van der Waals surface area contributed by atoms with Gasteiger partial charge in [0.1, 0.15) is 5.40 Å². The predicted molar refractivity (Wildman–Crippen MR) is 171 cm³/mol. The Labute approximate surface area is 259 Å². The number of alkyl halides is 3. The minimum Gasteiger partial charge on any atom is -0.398 e. The van der Waals surface area contributed by atoms with Crippen LogP contribution in [0, 0.1) is 10.7 Å². The molecule has 11 heteroatoms. The second-order valence-electron chi connectivity index (χ2n) is 10.9. The highest BCUT2D eigenvalue weighted by molar-refractivity contribution is 7.85. The second kappa shape index (κ2) is 13.6. The van der Waals surface area contributed by atoms with Crippen molar-refractivity contribution in [2.45, 2.75) is 38.4 Å². The zero-order valence-corrected chi connectivity index (χ0v) is 25.0. The Kier molecular flexibility index (Phi) is 9.61. The van der Waals surface area contributed by atoms with E-state index in [1.54, 1.807) is 0 Å². The number of halogens is 3. The van der Waals surface area contributed by atoms with Crippen LogP contribution in [0.3, 0.4) is 0 Å². The summed E-state index contributed by atoms with van der Waals surface area (Å²) in [7, 11) is 0. The van der Waals surface area contributed by atoms with E-state index >= 15 is 0 Å². The first-order valence-electron chi connectivity index (χ1n) is 14.5. The van der Waals surface area contributed by atoms with Gasteiger partial charge in [-0.2, -0.15) is 18.4 Å². The second-order valence-corrected chi connectivity index (χ2v) is 11.1. The topological polar surface area (TPSA) is 98.3 Å². The van der Waals surface area contributed by atoms with Gasteiger partial charge in [-0.05, 0) is 85.3 Å². The lowest BCUT2D eigenvalue weighted by atomic mass is 9.93. The van der Waals surface area contributed by atoms with Crippen LogP contribution in [0.5, 0.6) is 0 Å². The number of aromatic nitrogens is 1. The van der Waals surface area contributed by atoms with E-state index < -0.39 is 11.7 Å². The molecule has 0 spiro atoms. The number of thiocyanates is 1. The zero-order valence-electron chi connectivity index (χ0n) is 24.1. The summed E-state index contributed by atoms with van der Waals surface area (Å²) in [6.07, 6.45) is -0.203. The predicted octanol–water partition coefficient (Wildman–Crippen LogP) is 6.69. The highest BCUT2D eigenvalue weighted by atomic mass is 32.1. The van der Waals surface area contributed by atoms with Crippen molar-refractivity contribution in [2.24, 2.45) is 0 Å². The fraction of sp³-hybridized carbons (Fsp3) is 0.303. The van der Waals surface area contributed by atoms with E-state index in [1.165, 1.54) is 17.5 Å². The molecular weight excluding hydrogens is 585 g/mol. The summed E-state index contributed by atoms with van der Waals surface area (Å²) >= 11 is 3.09. The Morgan fingerprint density at radius 2 is 1.68 bits per heavy atom. The van der Waals surface area contributed by atoms with Crippen molar-refractivity contribution in [1.29, 1.82) is 5.26 Å². The minimum atomic E-state index is -4.34. The van der Waals surface area contributed by atoms with Gasteiger partial charge in [0.05, 0.1) is 11.1 Å². The first-order valence-corrected chi connectivity index (χ1v) is 14.9. The molecule has 0 atom stereocenters. The van der Waals surface area contributed by atoms with Crippen LogP contribution < -0.4 is 16.0 Å². The van der Waals surface area contributed by atoms with E-state index in [0.717, 1.165) is 90.0 Å². The van der Waals surface area contributed by atoms with Crippen molar-refractivity contribution in [3.8, 4) is 5.40 Å². The lowest BCUT2D eigenvalue weighted by Crippen LogP contribution is -2.46. The van der Waals surface area contributed by atoms with Crippen LogP contribution in [0.4, 0.5) is 30.2 Å². The number of carbonyl (C=O) groups is 1. The third-order valence-electron chi connectivity index (χ3n) is 8.15. The smallest absolute Gasteiger partial charge is 0.398 e. The molecule has 2 heterocycles. The van der Waals surface area contributed by atoms with Gasteiger partial charge >= 0.3 is 6.18 Å². The van der Waals surface area contributed by atoms with Crippen LogP contribution in [0.25, 0.3) is 10.9 Å². The number of piperazine rings is 1. The summed E-state index contributed by atoms with van der Waals surface area (Å²) in [4.78, 5) is 22.6. The molecule has 2 aliphatic rings. The standard InChI is InChI=1S/C32H32F3N5O.CHNS/c33-32(34,35)22-9-12-24(13-10-22)40-17-15-39(16-18-40)20-21-5-1-2-6-25(21)31(41)37-23-11-14-29-27(19-23)30(36)26-7-3-4-8-28(26)38-29;2-1-3/h1-2,5-6,9-14,19H,3-4,7-8,15-18,20H2,(H2,36,38)(H,37,41);3H. The average molecular weight is 619 g/mol. The molecule has 3 aromatic carbocycles. The van der Waals surface area contributed by atoms with Crippen molar-refractivity contribution < 1.29 is 18.0 Å². The monoisotopic (exact) mass is 618 g/mol. The molecule has 1 fully saturated rings. The van der Waals surface area contributed by atoms with Gasteiger partial charge in [-0.3, -0.25) is 14.7 Å². The summed E-state index contributed by atoms with van der Waals surface area (Å²) in [6.45, 7) is 3.45. The van der Waals surface area contributed by atoms with Crippen LogP contribution >= 0.6 is 12.6 Å². The third-order valence-corrected chi connectivity index (χ3v) is 8.15. The van der Waals surface area contributed by atoms with E-state index in [9.17, 15) is 18.0 Å². The first-order chi connectivity index (χ1) is 21.2. The number of pyridine rings is 1. The van der Waals surface area contributed by atoms with Gasteiger partial charge in [0.2, 0.25) is 0 Å². The van der Waals surface area contributed by atoms with Crippen molar-refractivity contribution in [3.05, 3.63) is 94.7 Å². The van der Waals surface area contributed by atoms with Crippen LogP contribution in [0.1, 0.15) is 45.6 Å². The van der Waals surface area contributed by atoms with Crippen LogP contribution in [0.2, 0.25) is 0 Å². The minimum absolute atomic E-state index is 0.187. The van der Waals surface area contributed by atoms with Crippen LogP contribution in [0.15, 0.2) is 66.7 Å². The Hall–Kier alpha value is -4.27. The molecule has 228 valence electrons. The summed E-state index contributed by atoms with van der Waals surface area (Å²) in [6, 6.07) is 18.6. The largest absolute Gasteiger partial charge is 0.416 e. The number of benzene rings is 3. The van der Waals surface area contributed by atoms with E-state index in [-0.39, 0.29) is 5.91 Å². The number of nitrogens with two attached hydrogens (primary N) is 1. The highest BCUT2D eigenvalue weighted by Gasteiger charge is 2.30. The molecule has 4 aromatic rings. The summed E-state index contributed by atoms with van der Waals surface area (Å²) in [5.74, 6) is -0.187. The van der Waals surface area contributed by atoms with Gasteiger partial charge in [-0.1, -0.05) is 30.8 Å². The number of carbonyl (C=O) groups excluding carboxylic acids is 1. The maximum atomic E-state index is 13.4. The van der Waals surface area contributed by atoms with Gasteiger partial charge in [-0.25, -0.2) is 0 Å². The van der Waals surface area contributed by atoms with Crippen molar-refractivity contribution >= 4 is 46.5 Å². The maximum absolute atomic E-state index is 13.4. The lowest BCUT2D eigenvalue weighted by Gasteiger charge is -2.36. The number of aryl methyl sites for hydroxylation is 1. The number of nitriles is 1. The van der Waals surface area contributed by atoms with E-state index in [2.05, 4.69) is 27.7 Å². The van der Waals surface area contributed by atoms with Crippen LogP contribution in [-0.2, 0) is 25.6 Å². The number of anilines is 3. The Morgan fingerprint density at radius 1 is 1.00 bits per heavy atom. The Bertz CT molecular complexity index is 1680. The zero-order chi connectivity index (χ0) is 31.3. The van der Waals surface area contributed by atoms with E-state index in [4.69, 9.17) is 16.0 Å². The van der Waals surface area contributed by atoms with Crippen molar-refractivity contribution in [2.75, 3.05) is 42.1 Å². The molecule has 6 rings (SSSR count). The number of hydrogen-bond acceptors (Lipinski definition) is 7. The van der Waals surface area contributed by atoms with Gasteiger partial charge in [-0.15, -0.1) is 0 Å². The summed E-state index contributed by atoms with van der Waals surface area (Å²) in [5, 5.41) is 12.5. The van der Waals surface area contributed by atoms with Crippen molar-refractivity contribution in [3.63, 3.8) is 0 Å². The molecule has 1 aromatic heterocycles. The Balaban J connectivity index is 0.00000123. The summed E-state index contributed by atoms with van der Waals surface area (Å²) in [5.41, 5.74) is 12.7. The number of amides is 1. The highest BCUT2D eigenvalue weighted by Crippen LogP contribution is 2.33. The first kappa shape index (κ1) is 31.2. The number of nitrogen functional groups attached to an aromatic ring is 1. The quantitative estimate of drug-likeness (QED) is 0.170. The molecule has 1 saturated heterocycles. The normalized spacial score (nSPS) is 15.1. The molecule has 1 amide bonds. The average Bonchev–Trinajstić information content (AvgIpc) is 3.02. The molecule has 7 nitrogen and oxygen atoms in total. The third kappa shape index (κ3) is 7.09. The molecule has 1 aliphatic carbocycles. The van der Waals surface area contributed by atoms with E-state index in [0.29, 0.717) is 30.9 Å². The lowest BCUT2D eigenvalue weighted by molar-refractivity contribution is -0.137. The fourth-order valence-electron chi connectivity index (χ4n) is 5.88. The fourth-order valence-corrected chi connectivity index (χ4v) is 5.88. The molecule has 3 N–H and O–H groups in total. The van der Waals surface area contributed by atoms with E-state index in [1.807, 2.05) is 42.5 Å². The number of nitrogens with one attached hydrogen (secondary N) is 1. The number of nitrogens with zero attached hydrogens (tertiary/aromatic N) is 4. The molecule has 44 heavy (non-hydrogen) atoms. The number of thiol groups is 1. The van der Waals surface area contributed by atoms with Crippen molar-refractivity contribution in [1.82, 2.24) is 9.88 Å². The SMILES string of the molecule is N#CS.Nc1c2c(nc3ccc(NC(=O)c4ccccc4CN4CCN(c5ccc(C(F)(F)F)cc5)CC4)cc13)CCCC2. The number of hydrogen-bond donors (Lipinski definition) is 3. The van der Waals surface area contributed by atoms with Gasteiger partial charge in [0.15, 0.2) is 0 Å². The van der Waals surface area contributed by atoms with Crippen LogP contribution in [-0.4, -0.2) is 42.0 Å².